The lowest BCUT2D eigenvalue weighted by molar-refractivity contribution is 0.0600. The summed E-state index contributed by atoms with van der Waals surface area (Å²) in [6.45, 7) is 7.22. The van der Waals surface area contributed by atoms with Gasteiger partial charge in [0, 0.05) is 11.0 Å². The van der Waals surface area contributed by atoms with Gasteiger partial charge in [0.05, 0.1) is 19.3 Å². The zero-order valence-electron chi connectivity index (χ0n) is 14.6. The van der Waals surface area contributed by atoms with E-state index in [0.29, 0.717) is 5.56 Å². The quantitative estimate of drug-likeness (QED) is 0.607. The minimum Gasteiger partial charge on any atom is -0.492 e. The number of esters is 1. The van der Waals surface area contributed by atoms with E-state index in [1.807, 2.05) is 12.1 Å². The number of allylic oxidation sites excluding steroid dienone is 1. The van der Waals surface area contributed by atoms with E-state index in [9.17, 15) is 4.79 Å². The van der Waals surface area contributed by atoms with E-state index < -0.39 is 0 Å². The third kappa shape index (κ3) is 3.07. The fourth-order valence-corrected chi connectivity index (χ4v) is 2.93. The fraction of sp³-hybridized carbons (Fsp3) is 0.286. The molecular weight excluding hydrogens is 300 g/mol. The zero-order valence-corrected chi connectivity index (χ0v) is 14.6. The molecule has 0 N–H and O–H groups in total. The molecule has 3 heteroatoms. The summed E-state index contributed by atoms with van der Waals surface area (Å²) in [6, 6.07) is 13.8. The van der Waals surface area contributed by atoms with Crippen LogP contribution in [0.15, 0.2) is 42.5 Å². The van der Waals surface area contributed by atoms with E-state index in [1.165, 1.54) is 23.8 Å². The first kappa shape index (κ1) is 16.3. The molecule has 1 heterocycles. The van der Waals surface area contributed by atoms with Crippen molar-refractivity contribution in [1.29, 1.82) is 0 Å². The highest BCUT2D eigenvalue weighted by Crippen LogP contribution is 2.39. The maximum absolute atomic E-state index is 11.5. The summed E-state index contributed by atoms with van der Waals surface area (Å²) in [5.41, 5.74) is 5.28. The standard InChI is InChI=1S/C21H22O3/c1-14(11-15-5-7-16(8-6-15)20(22)23-4)17-9-10-19-18(12-17)21(2,3)13-24-19/h5-12H,13H2,1-4H3/b14-11-. The van der Waals surface area contributed by atoms with Crippen molar-refractivity contribution in [2.24, 2.45) is 0 Å². The van der Waals surface area contributed by atoms with Crippen LogP contribution in [0.3, 0.4) is 0 Å². The molecule has 0 fully saturated rings. The molecule has 0 unspecified atom stereocenters. The smallest absolute Gasteiger partial charge is 0.337 e. The molecule has 0 atom stereocenters. The van der Waals surface area contributed by atoms with E-state index in [-0.39, 0.29) is 11.4 Å². The topological polar surface area (TPSA) is 35.5 Å². The summed E-state index contributed by atoms with van der Waals surface area (Å²) in [6.07, 6.45) is 2.12. The first-order chi connectivity index (χ1) is 11.4. The van der Waals surface area contributed by atoms with Crippen LogP contribution in [0.25, 0.3) is 11.6 Å². The van der Waals surface area contributed by atoms with Crippen LogP contribution in [0.2, 0.25) is 0 Å². The summed E-state index contributed by atoms with van der Waals surface area (Å²) >= 11 is 0. The maximum atomic E-state index is 11.5. The van der Waals surface area contributed by atoms with E-state index >= 15 is 0 Å². The Morgan fingerprint density at radius 2 is 1.79 bits per heavy atom. The predicted molar refractivity (Wildman–Crippen MR) is 96.3 cm³/mol. The minimum atomic E-state index is -0.317. The van der Waals surface area contributed by atoms with Gasteiger partial charge in [0.2, 0.25) is 0 Å². The van der Waals surface area contributed by atoms with Crippen LogP contribution in [0.4, 0.5) is 0 Å². The van der Waals surface area contributed by atoms with E-state index in [4.69, 9.17) is 9.47 Å². The number of fused-ring (bicyclic) bond motifs is 1. The first-order valence-corrected chi connectivity index (χ1v) is 8.05. The van der Waals surface area contributed by atoms with Gasteiger partial charge < -0.3 is 9.47 Å². The number of carbonyl (C=O) groups excluding carboxylic acids is 1. The van der Waals surface area contributed by atoms with Gasteiger partial charge in [-0.25, -0.2) is 4.79 Å². The average molecular weight is 322 g/mol. The lowest BCUT2D eigenvalue weighted by Gasteiger charge is -2.16. The van der Waals surface area contributed by atoms with Gasteiger partial charge in [0.1, 0.15) is 5.75 Å². The SMILES string of the molecule is COC(=O)c1ccc(/C=C(/C)c2ccc3c(c2)C(C)(C)CO3)cc1. The fourth-order valence-electron chi connectivity index (χ4n) is 2.93. The van der Waals surface area contributed by atoms with Crippen molar-refractivity contribution in [1.82, 2.24) is 0 Å². The molecule has 0 saturated carbocycles. The molecule has 0 bridgehead atoms. The van der Waals surface area contributed by atoms with Gasteiger partial charge in [-0.1, -0.05) is 38.1 Å². The second-order valence-electron chi connectivity index (χ2n) is 6.82. The van der Waals surface area contributed by atoms with Crippen molar-refractivity contribution in [2.45, 2.75) is 26.2 Å². The summed E-state index contributed by atoms with van der Waals surface area (Å²) in [5.74, 6) is 0.669. The average Bonchev–Trinajstić information content (AvgIpc) is 2.89. The lowest BCUT2D eigenvalue weighted by atomic mass is 9.85. The first-order valence-electron chi connectivity index (χ1n) is 8.05. The molecule has 1 aliphatic heterocycles. The minimum absolute atomic E-state index is 0.0494. The van der Waals surface area contributed by atoms with Gasteiger partial charge in [0.25, 0.3) is 0 Å². The predicted octanol–water partition coefficient (Wildman–Crippen LogP) is 4.70. The van der Waals surface area contributed by atoms with Crippen molar-refractivity contribution in [3.63, 3.8) is 0 Å². The molecule has 1 aliphatic rings. The number of methoxy groups -OCH3 is 1. The molecular formula is C21H22O3. The van der Waals surface area contributed by atoms with E-state index in [1.54, 1.807) is 12.1 Å². The number of benzene rings is 2. The van der Waals surface area contributed by atoms with Crippen LogP contribution >= 0.6 is 0 Å². The van der Waals surface area contributed by atoms with E-state index in [2.05, 4.69) is 45.0 Å². The largest absolute Gasteiger partial charge is 0.492 e. The Morgan fingerprint density at radius 3 is 2.46 bits per heavy atom. The molecule has 0 spiro atoms. The molecule has 2 aromatic rings. The van der Waals surface area contributed by atoms with Gasteiger partial charge in [-0.15, -0.1) is 0 Å². The van der Waals surface area contributed by atoms with Gasteiger partial charge in [-0.05, 0) is 47.9 Å². The lowest BCUT2D eigenvalue weighted by Crippen LogP contribution is -2.18. The van der Waals surface area contributed by atoms with Crippen LogP contribution in [0.5, 0.6) is 5.75 Å². The van der Waals surface area contributed by atoms with Crippen LogP contribution in [0, 0.1) is 0 Å². The molecule has 0 aliphatic carbocycles. The third-order valence-corrected chi connectivity index (χ3v) is 4.47. The normalized spacial score (nSPS) is 15.6. The van der Waals surface area contributed by atoms with Gasteiger partial charge >= 0.3 is 5.97 Å². The van der Waals surface area contributed by atoms with Crippen molar-refractivity contribution in [3.8, 4) is 5.75 Å². The molecule has 3 nitrogen and oxygen atoms in total. The van der Waals surface area contributed by atoms with Crippen molar-refractivity contribution >= 4 is 17.6 Å². The number of hydrogen-bond acceptors (Lipinski definition) is 3. The van der Waals surface area contributed by atoms with Crippen molar-refractivity contribution < 1.29 is 14.3 Å². The monoisotopic (exact) mass is 322 g/mol. The van der Waals surface area contributed by atoms with Crippen LogP contribution < -0.4 is 4.74 Å². The van der Waals surface area contributed by atoms with Gasteiger partial charge in [-0.2, -0.15) is 0 Å². The molecule has 0 saturated heterocycles. The van der Waals surface area contributed by atoms with E-state index in [0.717, 1.165) is 17.9 Å². The number of ether oxygens (including phenoxy) is 2. The Hall–Kier alpha value is -2.55. The molecule has 24 heavy (non-hydrogen) atoms. The summed E-state index contributed by atoms with van der Waals surface area (Å²) < 4.78 is 10.5. The molecule has 0 aromatic heterocycles. The number of carbonyl (C=O) groups is 1. The van der Waals surface area contributed by atoms with Crippen LogP contribution in [-0.4, -0.2) is 19.7 Å². The number of rotatable bonds is 3. The Kier molecular flexibility index (Phi) is 4.18. The zero-order chi connectivity index (χ0) is 17.3. The highest BCUT2D eigenvalue weighted by Gasteiger charge is 2.31. The van der Waals surface area contributed by atoms with Crippen molar-refractivity contribution in [2.75, 3.05) is 13.7 Å². The van der Waals surface area contributed by atoms with Crippen LogP contribution in [0.1, 0.15) is 47.8 Å². The maximum Gasteiger partial charge on any atom is 0.337 e. The highest BCUT2D eigenvalue weighted by molar-refractivity contribution is 5.90. The molecule has 3 rings (SSSR count). The summed E-state index contributed by atoms with van der Waals surface area (Å²) in [5, 5.41) is 0. The Bertz CT molecular complexity index is 798. The highest BCUT2D eigenvalue weighted by atomic mass is 16.5. The molecule has 0 amide bonds. The summed E-state index contributed by atoms with van der Waals surface area (Å²) in [7, 11) is 1.39. The Labute approximate surface area is 142 Å². The molecule has 0 radical (unpaired) electrons. The van der Waals surface area contributed by atoms with Crippen LogP contribution in [-0.2, 0) is 10.2 Å². The second-order valence-corrected chi connectivity index (χ2v) is 6.82. The van der Waals surface area contributed by atoms with Crippen molar-refractivity contribution in [3.05, 3.63) is 64.7 Å². The summed E-state index contributed by atoms with van der Waals surface area (Å²) in [4.78, 5) is 11.5. The Morgan fingerprint density at radius 1 is 1.12 bits per heavy atom. The molecule has 124 valence electrons. The van der Waals surface area contributed by atoms with Gasteiger partial charge in [-0.3, -0.25) is 0 Å². The second kappa shape index (κ2) is 6.16. The number of hydrogen-bond donors (Lipinski definition) is 0. The van der Waals surface area contributed by atoms with Gasteiger partial charge in [0.15, 0.2) is 0 Å². The third-order valence-electron chi connectivity index (χ3n) is 4.47. The Balaban J connectivity index is 1.88. The molecule has 2 aromatic carbocycles.